The van der Waals surface area contributed by atoms with Crippen molar-refractivity contribution in [1.82, 2.24) is 10.2 Å². The first-order valence-electron chi connectivity index (χ1n) is 14.7. The van der Waals surface area contributed by atoms with Crippen molar-refractivity contribution in [3.8, 4) is 5.75 Å². The van der Waals surface area contributed by atoms with E-state index in [1.165, 1.54) is 29.2 Å². The van der Waals surface area contributed by atoms with Crippen LogP contribution in [-0.4, -0.2) is 50.9 Å². The van der Waals surface area contributed by atoms with E-state index in [-0.39, 0.29) is 29.8 Å². The van der Waals surface area contributed by atoms with Gasteiger partial charge in [0.25, 0.3) is 10.0 Å². The summed E-state index contributed by atoms with van der Waals surface area (Å²) in [5, 5.41) is 3.42. The van der Waals surface area contributed by atoms with Crippen LogP contribution in [0.1, 0.15) is 31.4 Å². The number of carbonyl (C=O) groups excluding carboxylic acids is 2. The molecule has 0 bridgehead atoms. The maximum atomic E-state index is 14.5. The second-order valence-electron chi connectivity index (χ2n) is 10.7. The molecule has 2 atom stereocenters. The summed E-state index contributed by atoms with van der Waals surface area (Å²) in [6, 6.07) is 29.9. The molecule has 0 fully saturated rings. The molecule has 4 aromatic rings. The molecule has 0 aliphatic heterocycles. The Bertz CT molecular complexity index is 1670. The van der Waals surface area contributed by atoms with Gasteiger partial charge < -0.3 is 15.0 Å². The molecule has 0 aromatic heterocycles. The van der Waals surface area contributed by atoms with E-state index in [0.717, 1.165) is 15.4 Å². The maximum absolute atomic E-state index is 14.5. The van der Waals surface area contributed by atoms with Gasteiger partial charge in [-0.1, -0.05) is 79.2 Å². The topological polar surface area (TPSA) is 96.0 Å². The van der Waals surface area contributed by atoms with Crippen molar-refractivity contribution in [2.24, 2.45) is 0 Å². The predicted molar refractivity (Wildman–Crippen MR) is 178 cm³/mol. The van der Waals surface area contributed by atoms with E-state index in [4.69, 9.17) is 16.3 Å². The fourth-order valence-electron chi connectivity index (χ4n) is 4.82. The summed E-state index contributed by atoms with van der Waals surface area (Å²) >= 11 is 6.04. The molecule has 0 radical (unpaired) electrons. The summed E-state index contributed by atoms with van der Waals surface area (Å²) in [6.07, 6.45) is 0.933. The lowest BCUT2D eigenvalue weighted by molar-refractivity contribution is -0.140. The number of amides is 2. The van der Waals surface area contributed by atoms with Crippen LogP contribution in [0.4, 0.5) is 5.69 Å². The zero-order chi connectivity index (χ0) is 32.4. The third-order valence-corrected chi connectivity index (χ3v) is 9.52. The van der Waals surface area contributed by atoms with Crippen LogP contribution in [-0.2, 0) is 32.6 Å². The molecule has 4 rings (SSSR count). The van der Waals surface area contributed by atoms with Crippen molar-refractivity contribution < 1.29 is 22.7 Å². The predicted octanol–water partition coefficient (Wildman–Crippen LogP) is 6.10. The Kier molecular flexibility index (Phi) is 11.6. The minimum Gasteiger partial charge on any atom is -0.497 e. The lowest BCUT2D eigenvalue weighted by atomic mass is 10.0. The van der Waals surface area contributed by atoms with Crippen molar-refractivity contribution in [2.75, 3.05) is 18.0 Å². The SMILES string of the molecule is CC[C@@H](C)NC(=O)[C@H](Cc1ccccc1)N(Cc1cccc(OC)c1)C(=O)CN(c1ccccc1)S(=O)(=O)c1ccc(Cl)cc1. The molecule has 0 spiro atoms. The Labute approximate surface area is 270 Å². The average Bonchev–Trinajstić information content (AvgIpc) is 3.06. The van der Waals surface area contributed by atoms with Crippen LogP contribution in [0.5, 0.6) is 5.75 Å². The molecule has 2 amide bonds. The maximum Gasteiger partial charge on any atom is 0.264 e. The first kappa shape index (κ1) is 33.6. The van der Waals surface area contributed by atoms with Gasteiger partial charge >= 0.3 is 0 Å². The van der Waals surface area contributed by atoms with E-state index >= 15 is 0 Å². The number of para-hydroxylation sites is 1. The number of anilines is 1. The number of benzene rings is 4. The summed E-state index contributed by atoms with van der Waals surface area (Å²) in [6.45, 7) is 3.38. The summed E-state index contributed by atoms with van der Waals surface area (Å²) in [7, 11) is -2.65. The lowest BCUT2D eigenvalue weighted by Crippen LogP contribution is -2.54. The Morgan fingerprint density at radius 2 is 1.49 bits per heavy atom. The van der Waals surface area contributed by atoms with Crippen LogP contribution in [0, 0.1) is 0 Å². The minimum atomic E-state index is -4.20. The molecule has 8 nitrogen and oxygen atoms in total. The molecule has 0 saturated carbocycles. The third kappa shape index (κ3) is 8.86. The van der Waals surface area contributed by atoms with E-state index in [9.17, 15) is 18.0 Å². The van der Waals surface area contributed by atoms with Gasteiger partial charge in [-0.15, -0.1) is 0 Å². The number of rotatable bonds is 14. The number of methoxy groups -OCH3 is 1. The highest BCUT2D eigenvalue weighted by molar-refractivity contribution is 7.92. The van der Waals surface area contributed by atoms with Gasteiger partial charge in [0.05, 0.1) is 17.7 Å². The first-order valence-corrected chi connectivity index (χ1v) is 16.5. The van der Waals surface area contributed by atoms with Gasteiger partial charge in [-0.05, 0) is 73.0 Å². The Hall–Kier alpha value is -4.34. The number of ether oxygens (including phenoxy) is 1. The van der Waals surface area contributed by atoms with E-state index in [1.807, 2.05) is 56.3 Å². The lowest BCUT2D eigenvalue weighted by Gasteiger charge is -2.34. The van der Waals surface area contributed by atoms with Crippen LogP contribution in [0.2, 0.25) is 5.02 Å². The average molecular weight is 648 g/mol. The van der Waals surface area contributed by atoms with Gasteiger partial charge in [0.2, 0.25) is 11.8 Å². The van der Waals surface area contributed by atoms with Crippen molar-refractivity contribution in [3.63, 3.8) is 0 Å². The van der Waals surface area contributed by atoms with Gasteiger partial charge in [-0.2, -0.15) is 0 Å². The highest BCUT2D eigenvalue weighted by atomic mass is 35.5. The van der Waals surface area contributed by atoms with Crippen LogP contribution in [0.25, 0.3) is 0 Å². The zero-order valence-corrected chi connectivity index (χ0v) is 27.2. The van der Waals surface area contributed by atoms with Gasteiger partial charge in [0, 0.05) is 24.0 Å². The van der Waals surface area contributed by atoms with Gasteiger partial charge in [-0.25, -0.2) is 8.42 Å². The largest absolute Gasteiger partial charge is 0.497 e. The smallest absolute Gasteiger partial charge is 0.264 e. The normalized spacial score (nSPS) is 12.5. The summed E-state index contributed by atoms with van der Waals surface area (Å²) < 4.78 is 34.6. The summed E-state index contributed by atoms with van der Waals surface area (Å²) in [4.78, 5) is 29.9. The van der Waals surface area contributed by atoms with Crippen molar-refractivity contribution >= 4 is 39.1 Å². The quantitative estimate of drug-likeness (QED) is 0.179. The molecule has 0 unspecified atom stereocenters. The second-order valence-corrected chi connectivity index (χ2v) is 13.0. The van der Waals surface area contributed by atoms with Crippen molar-refractivity contribution in [2.45, 2.75) is 50.2 Å². The zero-order valence-electron chi connectivity index (χ0n) is 25.6. The molecule has 1 N–H and O–H groups in total. The standard InChI is InChI=1S/C35H38ClN3O5S/c1-4-26(2)37-35(41)33(23-27-12-7-5-8-13-27)38(24-28-14-11-17-31(22-28)44-3)34(40)25-39(30-15-9-6-10-16-30)45(42,43)32-20-18-29(36)19-21-32/h5-22,26,33H,4,23-25H2,1-3H3,(H,37,41)/t26-,33+/m1/s1. The molecule has 0 saturated heterocycles. The Morgan fingerprint density at radius 3 is 2.11 bits per heavy atom. The van der Waals surface area contributed by atoms with Crippen LogP contribution in [0.15, 0.2) is 114 Å². The number of hydrogen-bond acceptors (Lipinski definition) is 5. The molecule has 4 aromatic carbocycles. The summed E-state index contributed by atoms with van der Waals surface area (Å²) in [5.41, 5.74) is 1.90. The molecular formula is C35H38ClN3O5S. The fraction of sp³-hybridized carbons (Fsp3) is 0.257. The van der Waals surface area contributed by atoms with Crippen molar-refractivity contribution in [3.05, 3.63) is 125 Å². The van der Waals surface area contributed by atoms with Crippen molar-refractivity contribution in [1.29, 1.82) is 0 Å². The Morgan fingerprint density at radius 1 is 0.867 bits per heavy atom. The number of carbonyl (C=O) groups is 2. The van der Waals surface area contributed by atoms with E-state index in [1.54, 1.807) is 49.6 Å². The number of nitrogens with zero attached hydrogens (tertiary/aromatic N) is 2. The third-order valence-electron chi connectivity index (χ3n) is 7.48. The van der Waals surface area contributed by atoms with E-state index < -0.39 is 28.5 Å². The van der Waals surface area contributed by atoms with Crippen LogP contribution >= 0.6 is 11.6 Å². The molecule has 0 aliphatic rings. The molecule has 236 valence electrons. The summed E-state index contributed by atoms with van der Waals surface area (Å²) in [5.74, 6) is -0.268. The number of hydrogen-bond donors (Lipinski definition) is 1. The first-order chi connectivity index (χ1) is 21.6. The highest BCUT2D eigenvalue weighted by Crippen LogP contribution is 2.26. The molecule has 45 heavy (non-hydrogen) atoms. The number of halogens is 1. The van der Waals surface area contributed by atoms with Gasteiger partial charge in [-0.3, -0.25) is 13.9 Å². The van der Waals surface area contributed by atoms with Crippen LogP contribution in [0.3, 0.4) is 0 Å². The highest BCUT2D eigenvalue weighted by Gasteiger charge is 2.35. The van der Waals surface area contributed by atoms with E-state index in [0.29, 0.717) is 22.9 Å². The fourth-order valence-corrected chi connectivity index (χ4v) is 6.36. The molecular weight excluding hydrogens is 610 g/mol. The molecule has 10 heteroatoms. The monoisotopic (exact) mass is 647 g/mol. The number of nitrogens with one attached hydrogen (secondary N) is 1. The second kappa shape index (κ2) is 15.6. The Balaban J connectivity index is 1.80. The van der Waals surface area contributed by atoms with Crippen LogP contribution < -0.4 is 14.4 Å². The van der Waals surface area contributed by atoms with Gasteiger partial charge in [0.1, 0.15) is 18.3 Å². The number of sulfonamides is 1. The molecule has 0 aliphatic carbocycles. The van der Waals surface area contributed by atoms with Gasteiger partial charge in [0.15, 0.2) is 0 Å². The minimum absolute atomic E-state index is 0.0155. The van der Waals surface area contributed by atoms with E-state index in [2.05, 4.69) is 5.32 Å². The molecule has 0 heterocycles.